The molecule has 0 aliphatic carbocycles. The molecule has 5 heteroatoms. The standard InChI is InChI=1S/C17H26N2O2S/c1-22(21)14-15-7-5-8-16(13-15)17(20)18-9-6-12-19-10-3-2-4-11-19/h5,7-8,13H,2-4,6,9-12,14H2,1H3,(H,18,20). The van der Waals surface area contributed by atoms with Crippen molar-refractivity contribution < 1.29 is 9.00 Å². The van der Waals surface area contributed by atoms with Gasteiger partial charge in [0.05, 0.1) is 0 Å². The Balaban J connectivity index is 1.73. The summed E-state index contributed by atoms with van der Waals surface area (Å²) in [6, 6.07) is 7.41. The number of piperidine rings is 1. The predicted molar refractivity (Wildman–Crippen MR) is 91.5 cm³/mol. The molecule has 1 amide bonds. The predicted octanol–water partition coefficient (Wildman–Crippen LogP) is 2.17. The number of hydrogen-bond acceptors (Lipinski definition) is 3. The van der Waals surface area contributed by atoms with Gasteiger partial charge in [-0.05, 0) is 56.6 Å². The van der Waals surface area contributed by atoms with Crippen molar-refractivity contribution in [2.24, 2.45) is 0 Å². The molecule has 1 aromatic rings. The fourth-order valence-electron chi connectivity index (χ4n) is 2.83. The van der Waals surface area contributed by atoms with Crippen molar-refractivity contribution in [1.82, 2.24) is 10.2 Å². The molecule has 122 valence electrons. The van der Waals surface area contributed by atoms with E-state index in [9.17, 15) is 9.00 Å². The van der Waals surface area contributed by atoms with Gasteiger partial charge in [0.15, 0.2) is 0 Å². The first kappa shape index (κ1) is 17.2. The Morgan fingerprint density at radius 3 is 2.77 bits per heavy atom. The summed E-state index contributed by atoms with van der Waals surface area (Å²) >= 11 is 0. The van der Waals surface area contributed by atoms with Crippen LogP contribution in [-0.4, -0.2) is 47.5 Å². The summed E-state index contributed by atoms with van der Waals surface area (Å²) in [7, 11) is -0.885. The normalized spacial score (nSPS) is 17.1. The first-order valence-electron chi connectivity index (χ1n) is 8.04. The Morgan fingerprint density at radius 2 is 2.05 bits per heavy atom. The van der Waals surface area contributed by atoms with Gasteiger partial charge < -0.3 is 10.2 Å². The molecule has 1 aromatic carbocycles. The first-order valence-corrected chi connectivity index (χ1v) is 9.77. The first-order chi connectivity index (χ1) is 10.6. The van der Waals surface area contributed by atoms with E-state index in [0.29, 0.717) is 17.9 Å². The quantitative estimate of drug-likeness (QED) is 0.783. The highest BCUT2D eigenvalue weighted by Gasteiger charge is 2.10. The van der Waals surface area contributed by atoms with E-state index in [1.165, 1.54) is 32.4 Å². The van der Waals surface area contributed by atoms with Gasteiger partial charge >= 0.3 is 0 Å². The molecule has 1 unspecified atom stereocenters. The van der Waals surface area contributed by atoms with Crippen LogP contribution in [0.4, 0.5) is 0 Å². The summed E-state index contributed by atoms with van der Waals surface area (Å²) in [5, 5.41) is 2.98. The summed E-state index contributed by atoms with van der Waals surface area (Å²) in [6.45, 7) is 4.17. The smallest absolute Gasteiger partial charge is 0.251 e. The number of nitrogens with one attached hydrogen (secondary N) is 1. The third-order valence-electron chi connectivity index (χ3n) is 3.94. The van der Waals surface area contributed by atoms with Crippen molar-refractivity contribution in [2.75, 3.05) is 32.4 Å². The van der Waals surface area contributed by atoms with Crippen molar-refractivity contribution in [3.8, 4) is 0 Å². The van der Waals surface area contributed by atoms with Crippen LogP contribution in [0.1, 0.15) is 41.6 Å². The molecule has 1 saturated heterocycles. The molecule has 22 heavy (non-hydrogen) atoms. The molecule has 4 nitrogen and oxygen atoms in total. The fraction of sp³-hybridized carbons (Fsp3) is 0.588. The zero-order valence-corrected chi connectivity index (χ0v) is 14.2. The van der Waals surface area contributed by atoms with E-state index in [1.54, 1.807) is 6.26 Å². The molecular weight excluding hydrogens is 296 g/mol. The Labute approximate surface area is 135 Å². The van der Waals surface area contributed by atoms with Crippen LogP contribution in [0.2, 0.25) is 0 Å². The molecule has 1 aliphatic heterocycles. The second-order valence-electron chi connectivity index (χ2n) is 5.93. The molecule has 1 atom stereocenters. The van der Waals surface area contributed by atoms with Crippen molar-refractivity contribution in [3.63, 3.8) is 0 Å². The molecule has 0 spiro atoms. The summed E-state index contributed by atoms with van der Waals surface area (Å²) in [6.07, 6.45) is 6.62. The number of likely N-dealkylation sites (tertiary alicyclic amines) is 1. The lowest BCUT2D eigenvalue weighted by Gasteiger charge is -2.26. The lowest BCUT2D eigenvalue weighted by atomic mass is 10.1. The van der Waals surface area contributed by atoms with Crippen LogP contribution in [0.15, 0.2) is 24.3 Å². The molecule has 0 saturated carbocycles. The third kappa shape index (κ3) is 5.89. The molecular formula is C17H26N2O2S. The Bertz CT molecular complexity index is 513. The van der Waals surface area contributed by atoms with Gasteiger partial charge in [-0.3, -0.25) is 9.00 Å². The van der Waals surface area contributed by atoms with Gasteiger partial charge in [0.1, 0.15) is 0 Å². The van der Waals surface area contributed by atoms with Crippen molar-refractivity contribution in [2.45, 2.75) is 31.4 Å². The molecule has 0 radical (unpaired) electrons. The maximum absolute atomic E-state index is 12.1. The number of benzene rings is 1. The van der Waals surface area contributed by atoms with Crippen LogP contribution in [0.3, 0.4) is 0 Å². The van der Waals surface area contributed by atoms with Crippen LogP contribution in [0.5, 0.6) is 0 Å². The number of nitrogens with zero attached hydrogens (tertiary/aromatic N) is 1. The van der Waals surface area contributed by atoms with Gasteiger partial charge in [0, 0.05) is 34.9 Å². The summed E-state index contributed by atoms with van der Waals surface area (Å²) in [4.78, 5) is 14.6. The minimum atomic E-state index is -0.885. The van der Waals surface area contributed by atoms with Crippen molar-refractivity contribution >= 4 is 16.7 Å². The van der Waals surface area contributed by atoms with Gasteiger partial charge in [0.25, 0.3) is 5.91 Å². The van der Waals surface area contributed by atoms with E-state index in [4.69, 9.17) is 0 Å². The maximum atomic E-state index is 12.1. The number of amides is 1. The Hall–Kier alpha value is -1.20. The van der Waals surface area contributed by atoms with E-state index in [0.717, 1.165) is 18.5 Å². The molecule has 0 aromatic heterocycles. The van der Waals surface area contributed by atoms with E-state index < -0.39 is 10.8 Å². The fourth-order valence-corrected chi connectivity index (χ4v) is 3.48. The number of hydrogen-bond donors (Lipinski definition) is 1. The zero-order valence-electron chi connectivity index (χ0n) is 13.3. The van der Waals surface area contributed by atoms with Crippen LogP contribution >= 0.6 is 0 Å². The van der Waals surface area contributed by atoms with Crippen LogP contribution in [0.25, 0.3) is 0 Å². The van der Waals surface area contributed by atoms with Gasteiger partial charge in [-0.15, -0.1) is 0 Å². The number of rotatable bonds is 7. The highest BCUT2D eigenvalue weighted by Crippen LogP contribution is 2.09. The molecule has 1 fully saturated rings. The van der Waals surface area contributed by atoms with E-state index in [2.05, 4.69) is 10.2 Å². The summed E-state index contributed by atoms with van der Waals surface area (Å²) < 4.78 is 11.3. The second-order valence-corrected chi connectivity index (χ2v) is 7.36. The second kappa shape index (κ2) is 9.06. The highest BCUT2D eigenvalue weighted by molar-refractivity contribution is 7.83. The van der Waals surface area contributed by atoms with Gasteiger partial charge in [0.2, 0.25) is 0 Å². The maximum Gasteiger partial charge on any atom is 0.251 e. The molecule has 0 bridgehead atoms. The lowest BCUT2D eigenvalue weighted by Crippen LogP contribution is -2.33. The molecule has 1 heterocycles. The van der Waals surface area contributed by atoms with Crippen molar-refractivity contribution in [1.29, 1.82) is 0 Å². The van der Waals surface area contributed by atoms with Crippen LogP contribution in [0, 0.1) is 0 Å². The third-order valence-corrected chi connectivity index (χ3v) is 4.68. The van der Waals surface area contributed by atoms with E-state index >= 15 is 0 Å². The summed E-state index contributed by atoms with van der Waals surface area (Å²) in [5.74, 6) is 0.457. The molecule has 1 N–H and O–H groups in total. The Morgan fingerprint density at radius 1 is 1.27 bits per heavy atom. The monoisotopic (exact) mass is 322 g/mol. The van der Waals surface area contributed by atoms with Crippen molar-refractivity contribution in [3.05, 3.63) is 35.4 Å². The lowest BCUT2D eigenvalue weighted by molar-refractivity contribution is 0.0951. The number of carbonyl (C=O) groups excluding carboxylic acids is 1. The minimum Gasteiger partial charge on any atom is -0.352 e. The average Bonchev–Trinajstić information content (AvgIpc) is 2.52. The van der Waals surface area contributed by atoms with Crippen LogP contribution in [-0.2, 0) is 16.6 Å². The van der Waals surface area contributed by atoms with E-state index in [-0.39, 0.29) is 5.91 Å². The van der Waals surface area contributed by atoms with Gasteiger partial charge in [-0.2, -0.15) is 0 Å². The topological polar surface area (TPSA) is 49.4 Å². The average molecular weight is 322 g/mol. The molecule has 2 rings (SSSR count). The number of carbonyl (C=O) groups is 1. The zero-order chi connectivity index (χ0) is 15.8. The van der Waals surface area contributed by atoms with Gasteiger partial charge in [-0.1, -0.05) is 18.6 Å². The largest absolute Gasteiger partial charge is 0.352 e. The summed E-state index contributed by atoms with van der Waals surface area (Å²) in [5.41, 5.74) is 1.60. The van der Waals surface area contributed by atoms with Crippen LogP contribution < -0.4 is 5.32 Å². The Kier molecular flexibility index (Phi) is 7.06. The van der Waals surface area contributed by atoms with E-state index in [1.807, 2.05) is 24.3 Å². The molecule has 1 aliphatic rings. The highest BCUT2D eigenvalue weighted by atomic mass is 32.2. The SMILES string of the molecule is CS(=O)Cc1cccc(C(=O)NCCCN2CCCCC2)c1. The minimum absolute atomic E-state index is 0.0395. The van der Waals surface area contributed by atoms with Gasteiger partial charge in [-0.25, -0.2) is 0 Å².